The molecule has 0 saturated heterocycles. The van der Waals surface area contributed by atoms with Gasteiger partial charge in [0.05, 0.1) is 0 Å². The van der Waals surface area contributed by atoms with Crippen LogP contribution in [0.2, 0.25) is 0 Å². The maximum absolute atomic E-state index is 14.1. The summed E-state index contributed by atoms with van der Waals surface area (Å²) in [5, 5.41) is 3.00. The highest BCUT2D eigenvalue weighted by Gasteiger charge is 2.69. The number of nitrogens with one attached hydrogen (secondary N) is 1. The highest BCUT2D eigenvalue weighted by Crippen LogP contribution is 2.62. The van der Waals surface area contributed by atoms with E-state index in [-0.39, 0.29) is 29.8 Å². The monoisotopic (exact) mass is 410 g/mol. The highest BCUT2D eigenvalue weighted by atomic mass is 19.1. The fraction of sp³-hybridized carbons (Fsp3) is 0.417. The molecule has 0 aromatic heterocycles. The van der Waals surface area contributed by atoms with Gasteiger partial charge >= 0.3 is 0 Å². The van der Waals surface area contributed by atoms with Crippen molar-refractivity contribution in [2.45, 2.75) is 62.8 Å². The van der Waals surface area contributed by atoms with Gasteiger partial charge < -0.3 is 10.2 Å². The van der Waals surface area contributed by atoms with E-state index in [2.05, 4.69) is 5.32 Å². The summed E-state index contributed by atoms with van der Waals surface area (Å²) in [6, 6.07) is 12.0. The number of alkyl halides is 1. The molecule has 1 aliphatic heterocycles. The second-order valence-electron chi connectivity index (χ2n) is 9.19. The first-order chi connectivity index (χ1) is 14.3. The summed E-state index contributed by atoms with van der Waals surface area (Å²) in [6.07, 6.45) is 1.89. The minimum Gasteiger partial charge on any atom is -0.350 e. The first-order valence-electron chi connectivity index (χ1n) is 10.4. The van der Waals surface area contributed by atoms with E-state index in [0.717, 1.165) is 11.1 Å². The first-order valence-corrected chi connectivity index (χ1v) is 10.4. The van der Waals surface area contributed by atoms with E-state index in [1.54, 1.807) is 17.9 Å². The molecule has 0 spiro atoms. The molecule has 3 saturated carbocycles. The number of halogens is 2. The summed E-state index contributed by atoms with van der Waals surface area (Å²) in [4.78, 5) is 27.8. The van der Waals surface area contributed by atoms with Gasteiger partial charge in [0, 0.05) is 49.4 Å². The minimum atomic E-state index is -1.08. The van der Waals surface area contributed by atoms with Crippen LogP contribution in [0.3, 0.4) is 0 Å². The largest absolute Gasteiger partial charge is 0.350 e. The van der Waals surface area contributed by atoms with Crippen molar-refractivity contribution in [1.29, 1.82) is 0 Å². The van der Waals surface area contributed by atoms with Crippen molar-refractivity contribution >= 4 is 11.8 Å². The maximum Gasteiger partial charge on any atom is 0.254 e. The lowest BCUT2D eigenvalue weighted by molar-refractivity contribution is -0.175. The molecule has 2 aromatic rings. The Labute approximate surface area is 174 Å². The standard InChI is InChI=1S/C24H24F2N2O2/c1-15-19(7-4-8-20(15)25)22(30)28-11-17-6-3-2-5-16(17)9-18(28)10-21(29)27-24-12-23(26,13-24)14-24/h2-8,18H,9-14H2,1H3,(H,27,29)/t18-,23?,24?/m1/s1. The molecule has 3 fully saturated rings. The molecule has 3 aliphatic carbocycles. The van der Waals surface area contributed by atoms with Crippen LogP contribution in [-0.2, 0) is 17.8 Å². The van der Waals surface area contributed by atoms with Crippen LogP contribution in [0.1, 0.15) is 52.7 Å². The molecule has 2 bridgehead atoms. The van der Waals surface area contributed by atoms with Gasteiger partial charge in [-0.15, -0.1) is 0 Å². The number of amides is 2. The topological polar surface area (TPSA) is 49.4 Å². The number of carbonyl (C=O) groups is 2. The van der Waals surface area contributed by atoms with E-state index in [0.29, 0.717) is 43.4 Å². The van der Waals surface area contributed by atoms with Crippen molar-refractivity contribution in [3.8, 4) is 0 Å². The van der Waals surface area contributed by atoms with E-state index in [4.69, 9.17) is 0 Å². The zero-order chi connectivity index (χ0) is 21.1. The Morgan fingerprint density at radius 2 is 1.80 bits per heavy atom. The van der Waals surface area contributed by atoms with E-state index < -0.39 is 11.5 Å². The predicted molar refractivity (Wildman–Crippen MR) is 108 cm³/mol. The number of benzene rings is 2. The summed E-state index contributed by atoms with van der Waals surface area (Å²) in [5.41, 5.74) is 1.32. The summed E-state index contributed by atoms with van der Waals surface area (Å²) < 4.78 is 27.8. The lowest BCUT2D eigenvalue weighted by Crippen LogP contribution is -2.77. The molecule has 4 nitrogen and oxygen atoms in total. The van der Waals surface area contributed by atoms with E-state index in [9.17, 15) is 18.4 Å². The molecule has 2 aromatic carbocycles. The zero-order valence-corrected chi connectivity index (χ0v) is 16.9. The zero-order valence-electron chi connectivity index (χ0n) is 16.9. The smallest absolute Gasteiger partial charge is 0.254 e. The quantitative estimate of drug-likeness (QED) is 0.832. The molecule has 0 unspecified atom stereocenters. The number of hydrogen-bond donors (Lipinski definition) is 1. The molecule has 6 rings (SSSR count). The maximum atomic E-state index is 14.1. The molecule has 1 N–H and O–H groups in total. The van der Waals surface area contributed by atoms with Crippen LogP contribution in [0.4, 0.5) is 8.78 Å². The fourth-order valence-electron chi connectivity index (χ4n) is 5.36. The summed E-state index contributed by atoms with van der Waals surface area (Å²) >= 11 is 0. The molecular formula is C24H24F2N2O2. The van der Waals surface area contributed by atoms with Crippen molar-refractivity contribution in [3.05, 3.63) is 70.5 Å². The highest BCUT2D eigenvalue weighted by molar-refractivity contribution is 5.96. The molecular weight excluding hydrogens is 386 g/mol. The Bertz CT molecular complexity index is 1030. The van der Waals surface area contributed by atoms with Gasteiger partial charge in [-0.1, -0.05) is 30.3 Å². The Hall–Kier alpha value is -2.76. The third kappa shape index (κ3) is 3.09. The summed E-state index contributed by atoms with van der Waals surface area (Å²) in [7, 11) is 0. The average Bonchev–Trinajstić information content (AvgIpc) is 2.67. The third-order valence-corrected chi connectivity index (χ3v) is 6.91. The normalized spacial score (nSPS) is 28.8. The van der Waals surface area contributed by atoms with Crippen LogP contribution in [0, 0.1) is 12.7 Å². The van der Waals surface area contributed by atoms with Gasteiger partial charge in [-0.25, -0.2) is 8.78 Å². The second kappa shape index (κ2) is 6.62. The molecule has 4 aliphatic rings. The number of hydrogen-bond acceptors (Lipinski definition) is 2. The van der Waals surface area contributed by atoms with Gasteiger partial charge in [-0.2, -0.15) is 0 Å². The Morgan fingerprint density at radius 1 is 1.10 bits per heavy atom. The molecule has 0 radical (unpaired) electrons. The molecule has 156 valence electrons. The van der Waals surface area contributed by atoms with Gasteiger partial charge in [0.1, 0.15) is 11.5 Å². The van der Waals surface area contributed by atoms with Crippen molar-refractivity contribution in [2.75, 3.05) is 0 Å². The molecule has 1 atom stereocenters. The van der Waals surface area contributed by atoms with Gasteiger partial charge in [0.25, 0.3) is 5.91 Å². The van der Waals surface area contributed by atoms with Crippen molar-refractivity contribution in [3.63, 3.8) is 0 Å². The van der Waals surface area contributed by atoms with Crippen LogP contribution >= 0.6 is 0 Å². The van der Waals surface area contributed by atoms with Crippen molar-refractivity contribution < 1.29 is 18.4 Å². The van der Waals surface area contributed by atoms with Crippen LogP contribution in [-0.4, -0.2) is 34.0 Å². The SMILES string of the molecule is Cc1c(F)cccc1C(=O)N1Cc2ccccc2C[C@@H]1CC(=O)NC12CC(F)(C1)C2. The Kier molecular flexibility index (Phi) is 4.24. The van der Waals surface area contributed by atoms with Crippen LogP contribution in [0.15, 0.2) is 42.5 Å². The van der Waals surface area contributed by atoms with Crippen molar-refractivity contribution in [2.24, 2.45) is 0 Å². The molecule has 30 heavy (non-hydrogen) atoms. The van der Waals surface area contributed by atoms with E-state index >= 15 is 0 Å². The average molecular weight is 410 g/mol. The number of carbonyl (C=O) groups excluding carboxylic acids is 2. The van der Waals surface area contributed by atoms with Crippen LogP contribution in [0.25, 0.3) is 0 Å². The van der Waals surface area contributed by atoms with Gasteiger partial charge in [0.15, 0.2) is 0 Å². The van der Waals surface area contributed by atoms with E-state index in [1.807, 2.05) is 24.3 Å². The lowest BCUT2D eigenvalue weighted by atomic mass is 9.47. The summed E-state index contributed by atoms with van der Waals surface area (Å²) in [5.74, 6) is -0.848. The van der Waals surface area contributed by atoms with Crippen LogP contribution < -0.4 is 5.32 Å². The summed E-state index contributed by atoms with van der Waals surface area (Å²) in [6.45, 7) is 1.97. The number of rotatable bonds is 4. The van der Waals surface area contributed by atoms with Crippen LogP contribution in [0.5, 0.6) is 0 Å². The van der Waals surface area contributed by atoms with Crippen molar-refractivity contribution in [1.82, 2.24) is 10.2 Å². The fourth-order valence-corrected chi connectivity index (χ4v) is 5.36. The minimum absolute atomic E-state index is 0.148. The molecule has 1 heterocycles. The van der Waals surface area contributed by atoms with Gasteiger partial charge in [0.2, 0.25) is 5.91 Å². The van der Waals surface area contributed by atoms with E-state index in [1.165, 1.54) is 12.1 Å². The molecule has 2 amide bonds. The molecule has 6 heteroatoms. The first kappa shape index (κ1) is 19.2. The lowest BCUT2D eigenvalue weighted by Gasteiger charge is -2.65. The second-order valence-corrected chi connectivity index (χ2v) is 9.19. The number of nitrogens with zero attached hydrogens (tertiary/aromatic N) is 1. The Morgan fingerprint density at radius 3 is 2.50 bits per heavy atom. The van der Waals surface area contributed by atoms with Gasteiger partial charge in [-0.05, 0) is 42.2 Å². The third-order valence-electron chi connectivity index (χ3n) is 6.91. The number of fused-ring (bicyclic) bond motifs is 1. The van der Waals surface area contributed by atoms with Gasteiger partial charge in [-0.3, -0.25) is 9.59 Å². The Balaban J connectivity index is 1.39. The predicted octanol–water partition coefficient (Wildman–Crippen LogP) is 3.85.